The standard InChI is InChI=1S/C11H8N4O2/c16-10-7-4-2-1-3-6(7)5-8(12-10)9-13-11(17)15-14-9/h1-5H,(H,12,16)(H2,13,14,15,17). The predicted molar refractivity (Wildman–Crippen MR) is 61.6 cm³/mol. The van der Waals surface area contributed by atoms with E-state index in [2.05, 4.69) is 20.2 Å². The van der Waals surface area contributed by atoms with Crippen LogP contribution in [-0.4, -0.2) is 25.3 Å². The highest BCUT2D eigenvalue weighted by molar-refractivity contribution is 5.89. The van der Waals surface area contributed by atoms with Gasteiger partial charge in [-0.3, -0.25) is 4.98 Å². The van der Waals surface area contributed by atoms with Crippen molar-refractivity contribution in [3.05, 3.63) is 40.8 Å². The molecule has 0 amide bonds. The van der Waals surface area contributed by atoms with Crippen LogP contribution in [0.15, 0.2) is 35.1 Å². The number of H-pyrrole nitrogens is 2. The first-order chi connectivity index (χ1) is 8.24. The second kappa shape index (κ2) is 3.44. The molecule has 0 saturated carbocycles. The van der Waals surface area contributed by atoms with Gasteiger partial charge in [0.15, 0.2) is 5.82 Å². The molecule has 0 fully saturated rings. The Morgan fingerprint density at radius 3 is 2.82 bits per heavy atom. The molecule has 84 valence electrons. The Morgan fingerprint density at radius 1 is 1.24 bits per heavy atom. The third kappa shape index (κ3) is 1.55. The van der Waals surface area contributed by atoms with Crippen LogP contribution in [0, 0.1) is 0 Å². The largest absolute Gasteiger partial charge is 0.493 e. The third-order valence-corrected chi connectivity index (χ3v) is 2.46. The van der Waals surface area contributed by atoms with Gasteiger partial charge in [0.1, 0.15) is 5.69 Å². The lowest BCUT2D eigenvalue weighted by Crippen LogP contribution is -2.00. The maximum Gasteiger partial charge on any atom is 0.340 e. The van der Waals surface area contributed by atoms with Crippen molar-refractivity contribution in [1.82, 2.24) is 20.2 Å². The first-order valence-corrected chi connectivity index (χ1v) is 4.98. The summed E-state index contributed by atoms with van der Waals surface area (Å²) in [5, 5.41) is 17.3. The van der Waals surface area contributed by atoms with Gasteiger partial charge in [0.25, 0.3) is 0 Å². The van der Waals surface area contributed by atoms with Gasteiger partial charge in [0, 0.05) is 5.39 Å². The Morgan fingerprint density at radius 2 is 2.06 bits per heavy atom. The van der Waals surface area contributed by atoms with Crippen LogP contribution >= 0.6 is 0 Å². The number of aromatic hydroxyl groups is 1. The predicted octanol–water partition coefficient (Wildman–Crippen LogP) is 1.02. The summed E-state index contributed by atoms with van der Waals surface area (Å²) in [6.07, 6.45) is 0. The van der Waals surface area contributed by atoms with E-state index in [1.54, 1.807) is 12.1 Å². The smallest absolute Gasteiger partial charge is 0.340 e. The summed E-state index contributed by atoms with van der Waals surface area (Å²) < 4.78 is 0. The molecule has 0 spiro atoms. The van der Waals surface area contributed by atoms with Crippen molar-refractivity contribution in [1.29, 1.82) is 0 Å². The SMILES string of the molecule is O=c1[nH]nc(-c2cc3ccccc3c(O)n2)[nH]1. The lowest BCUT2D eigenvalue weighted by atomic mass is 10.1. The highest BCUT2D eigenvalue weighted by atomic mass is 16.3. The number of pyridine rings is 1. The Labute approximate surface area is 95.0 Å². The molecule has 0 aliphatic rings. The second-order valence-corrected chi connectivity index (χ2v) is 3.58. The van der Waals surface area contributed by atoms with Gasteiger partial charge >= 0.3 is 5.69 Å². The van der Waals surface area contributed by atoms with Crippen molar-refractivity contribution in [3.63, 3.8) is 0 Å². The molecule has 6 nitrogen and oxygen atoms in total. The van der Waals surface area contributed by atoms with E-state index in [1.165, 1.54) is 0 Å². The molecule has 17 heavy (non-hydrogen) atoms. The number of fused-ring (bicyclic) bond motifs is 1. The Kier molecular flexibility index (Phi) is 1.94. The maximum atomic E-state index is 10.9. The van der Waals surface area contributed by atoms with Gasteiger partial charge in [-0.2, -0.15) is 5.10 Å². The van der Waals surface area contributed by atoms with E-state index in [4.69, 9.17) is 0 Å². The fourth-order valence-electron chi connectivity index (χ4n) is 1.69. The highest BCUT2D eigenvalue weighted by Crippen LogP contribution is 2.26. The molecule has 0 aliphatic carbocycles. The molecular formula is C11H8N4O2. The summed E-state index contributed by atoms with van der Waals surface area (Å²) in [6.45, 7) is 0. The minimum Gasteiger partial charge on any atom is -0.493 e. The molecule has 2 aromatic heterocycles. The van der Waals surface area contributed by atoms with Gasteiger partial charge in [-0.15, -0.1) is 0 Å². The quantitative estimate of drug-likeness (QED) is 0.579. The molecule has 0 radical (unpaired) electrons. The van der Waals surface area contributed by atoms with Gasteiger partial charge in [-0.1, -0.05) is 18.2 Å². The van der Waals surface area contributed by atoms with Crippen LogP contribution in [0.5, 0.6) is 5.88 Å². The molecule has 3 N–H and O–H groups in total. The van der Waals surface area contributed by atoms with Crippen LogP contribution in [0.3, 0.4) is 0 Å². The van der Waals surface area contributed by atoms with E-state index in [0.29, 0.717) is 16.9 Å². The summed E-state index contributed by atoms with van der Waals surface area (Å²) in [5.41, 5.74) is 0.00833. The summed E-state index contributed by atoms with van der Waals surface area (Å²) in [4.78, 5) is 17.4. The van der Waals surface area contributed by atoms with E-state index < -0.39 is 5.69 Å². The van der Waals surface area contributed by atoms with Crippen molar-refractivity contribution in [2.24, 2.45) is 0 Å². The van der Waals surface area contributed by atoms with Crippen molar-refractivity contribution >= 4 is 10.8 Å². The molecule has 0 atom stereocenters. The number of nitrogens with zero attached hydrogens (tertiary/aromatic N) is 2. The van der Waals surface area contributed by atoms with Crippen LogP contribution in [0.1, 0.15) is 0 Å². The molecule has 0 unspecified atom stereocenters. The van der Waals surface area contributed by atoms with E-state index >= 15 is 0 Å². The van der Waals surface area contributed by atoms with Crippen LogP contribution in [0.2, 0.25) is 0 Å². The monoisotopic (exact) mass is 228 g/mol. The van der Waals surface area contributed by atoms with E-state index in [0.717, 1.165) is 5.39 Å². The number of aromatic amines is 2. The van der Waals surface area contributed by atoms with E-state index in [-0.39, 0.29) is 5.88 Å². The first-order valence-electron chi connectivity index (χ1n) is 4.98. The Bertz CT molecular complexity index is 744. The van der Waals surface area contributed by atoms with Crippen molar-refractivity contribution in [2.45, 2.75) is 0 Å². The number of hydrogen-bond acceptors (Lipinski definition) is 4. The third-order valence-electron chi connectivity index (χ3n) is 2.46. The van der Waals surface area contributed by atoms with Gasteiger partial charge < -0.3 is 5.11 Å². The van der Waals surface area contributed by atoms with Gasteiger partial charge in [0.2, 0.25) is 5.88 Å². The van der Waals surface area contributed by atoms with Gasteiger partial charge in [0.05, 0.1) is 0 Å². The molecule has 0 bridgehead atoms. The van der Waals surface area contributed by atoms with Crippen molar-refractivity contribution in [2.75, 3.05) is 0 Å². The zero-order valence-electron chi connectivity index (χ0n) is 8.64. The summed E-state index contributed by atoms with van der Waals surface area (Å²) in [7, 11) is 0. The molecule has 3 aromatic rings. The average Bonchev–Trinajstić information content (AvgIpc) is 2.76. The Balaban J connectivity index is 2.28. The number of benzene rings is 1. The minimum absolute atomic E-state index is 0.0815. The zero-order valence-corrected chi connectivity index (χ0v) is 8.64. The van der Waals surface area contributed by atoms with Crippen LogP contribution in [0.25, 0.3) is 22.3 Å². The van der Waals surface area contributed by atoms with Crippen LogP contribution in [-0.2, 0) is 0 Å². The normalized spacial score (nSPS) is 10.8. The van der Waals surface area contributed by atoms with Crippen molar-refractivity contribution in [3.8, 4) is 17.4 Å². The second-order valence-electron chi connectivity index (χ2n) is 3.58. The lowest BCUT2D eigenvalue weighted by Gasteiger charge is -2.02. The fraction of sp³-hybridized carbons (Fsp3) is 0. The topological polar surface area (TPSA) is 94.7 Å². The minimum atomic E-state index is -0.408. The Hall–Kier alpha value is -2.63. The van der Waals surface area contributed by atoms with E-state index in [9.17, 15) is 9.90 Å². The lowest BCUT2D eigenvalue weighted by molar-refractivity contribution is 0.461. The molecule has 2 heterocycles. The first kappa shape index (κ1) is 9.59. The molecule has 1 aromatic carbocycles. The number of nitrogens with one attached hydrogen (secondary N) is 2. The fourth-order valence-corrected chi connectivity index (χ4v) is 1.69. The molecule has 0 saturated heterocycles. The van der Waals surface area contributed by atoms with Gasteiger partial charge in [-0.05, 0) is 17.5 Å². The molecule has 0 aliphatic heterocycles. The molecule has 6 heteroatoms. The number of rotatable bonds is 1. The van der Waals surface area contributed by atoms with E-state index in [1.807, 2.05) is 18.2 Å². The summed E-state index contributed by atoms with van der Waals surface area (Å²) in [6, 6.07) is 9.06. The van der Waals surface area contributed by atoms with Crippen molar-refractivity contribution < 1.29 is 5.11 Å². The van der Waals surface area contributed by atoms with Gasteiger partial charge in [-0.25, -0.2) is 14.9 Å². The summed E-state index contributed by atoms with van der Waals surface area (Å²) >= 11 is 0. The van der Waals surface area contributed by atoms with Crippen LogP contribution < -0.4 is 5.69 Å². The zero-order chi connectivity index (χ0) is 11.8. The number of hydrogen-bond donors (Lipinski definition) is 3. The molecule has 3 rings (SSSR count). The average molecular weight is 228 g/mol. The van der Waals surface area contributed by atoms with Crippen LogP contribution in [0.4, 0.5) is 0 Å². The number of aromatic nitrogens is 4. The maximum absolute atomic E-state index is 10.9. The molecular weight excluding hydrogens is 220 g/mol. The highest BCUT2D eigenvalue weighted by Gasteiger charge is 2.08. The summed E-state index contributed by atoms with van der Waals surface area (Å²) in [5.74, 6) is 0.220.